The van der Waals surface area contributed by atoms with Crippen molar-refractivity contribution in [3.63, 3.8) is 0 Å². The van der Waals surface area contributed by atoms with Crippen LogP contribution in [0.15, 0.2) is 78.4 Å². The number of hydrogen-bond donors (Lipinski definition) is 2. The summed E-state index contributed by atoms with van der Waals surface area (Å²) in [7, 11) is 0. The lowest BCUT2D eigenvalue weighted by Gasteiger charge is -2.28. The number of hydrogen-bond acceptors (Lipinski definition) is 5. The molecule has 2 aliphatic rings. The van der Waals surface area contributed by atoms with Gasteiger partial charge in [-0.25, -0.2) is 0 Å². The minimum absolute atomic E-state index is 0.0386. The third-order valence-corrected chi connectivity index (χ3v) is 8.45. The molecular formula is C36H43N2O5+. The molecule has 7 heteroatoms. The number of Topliss-reactive ketones (excluding diaryl/α,β-unsaturated/α-hetero) is 1. The van der Waals surface area contributed by atoms with E-state index in [-0.39, 0.29) is 16.7 Å². The van der Waals surface area contributed by atoms with Crippen LogP contribution in [0.4, 0.5) is 0 Å². The SMILES string of the molecule is Cc1cc(C(O)=C2C(=O)C(=O)N(CCC[NH+]3CCOCC3)[C@@H]2c2ccc(C(C)(C)C)cc2)ccc1OCc1ccccc1. The first-order valence-electron chi connectivity index (χ1n) is 15.2. The number of nitrogens with one attached hydrogen (secondary N) is 1. The van der Waals surface area contributed by atoms with E-state index >= 15 is 0 Å². The molecule has 0 radical (unpaired) electrons. The van der Waals surface area contributed by atoms with E-state index in [0.29, 0.717) is 24.5 Å². The van der Waals surface area contributed by atoms with Crippen molar-refractivity contribution in [2.45, 2.75) is 52.2 Å². The molecule has 0 aliphatic carbocycles. The first kappa shape index (κ1) is 30.5. The summed E-state index contributed by atoms with van der Waals surface area (Å²) in [5.41, 5.74) is 4.43. The predicted molar refractivity (Wildman–Crippen MR) is 167 cm³/mol. The van der Waals surface area contributed by atoms with Crippen molar-refractivity contribution < 1.29 is 29.1 Å². The largest absolute Gasteiger partial charge is 0.507 e. The Morgan fingerprint density at radius 2 is 1.70 bits per heavy atom. The molecule has 226 valence electrons. The van der Waals surface area contributed by atoms with Crippen LogP contribution in [0.3, 0.4) is 0 Å². The van der Waals surface area contributed by atoms with Gasteiger partial charge in [0.05, 0.1) is 31.4 Å². The number of ether oxygens (including phenoxy) is 2. The lowest BCUT2D eigenvalue weighted by Crippen LogP contribution is -3.14. The van der Waals surface area contributed by atoms with Gasteiger partial charge in [0, 0.05) is 18.5 Å². The van der Waals surface area contributed by atoms with Crippen molar-refractivity contribution in [1.29, 1.82) is 0 Å². The minimum atomic E-state index is -0.664. The second kappa shape index (κ2) is 13.1. The standard InChI is InChI=1S/C36H42N2O5/c1-25-23-28(13-16-30(25)43-24-26-9-6-5-7-10-26)33(39)31-32(27-11-14-29(15-12-27)36(2,3)4)38(35(41)34(31)40)18-8-17-37-19-21-42-22-20-37/h5-7,9-16,23,32,39H,8,17-22,24H2,1-4H3/p+1/t32-/m1/s1. The van der Waals surface area contributed by atoms with Gasteiger partial charge >= 0.3 is 0 Å². The Morgan fingerprint density at radius 3 is 2.35 bits per heavy atom. The number of aliphatic hydroxyl groups is 1. The van der Waals surface area contributed by atoms with Crippen LogP contribution in [-0.2, 0) is 26.3 Å². The van der Waals surface area contributed by atoms with Gasteiger partial charge in [-0.05, 0) is 52.8 Å². The molecule has 7 nitrogen and oxygen atoms in total. The summed E-state index contributed by atoms with van der Waals surface area (Å²) < 4.78 is 11.5. The molecule has 3 aromatic rings. The van der Waals surface area contributed by atoms with Gasteiger partial charge in [-0.3, -0.25) is 9.59 Å². The number of benzene rings is 3. The van der Waals surface area contributed by atoms with E-state index in [9.17, 15) is 14.7 Å². The fraction of sp³-hybridized carbons (Fsp3) is 0.389. The highest BCUT2D eigenvalue weighted by molar-refractivity contribution is 6.46. The number of nitrogens with zero attached hydrogens (tertiary/aromatic N) is 1. The molecule has 2 N–H and O–H groups in total. The van der Waals surface area contributed by atoms with Gasteiger partial charge in [-0.1, -0.05) is 75.4 Å². The lowest BCUT2D eigenvalue weighted by atomic mass is 9.85. The van der Waals surface area contributed by atoms with Gasteiger partial charge in [0.2, 0.25) is 0 Å². The zero-order chi connectivity index (χ0) is 30.6. The highest BCUT2D eigenvalue weighted by Crippen LogP contribution is 2.40. The van der Waals surface area contributed by atoms with Crippen molar-refractivity contribution in [1.82, 2.24) is 4.90 Å². The van der Waals surface area contributed by atoms with Crippen LogP contribution in [0.25, 0.3) is 5.76 Å². The number of rotatable bonds is 9. The molecular weight excluding hydrogens is 540 g/mol. The maximum absolute atomic E-state index is 13.6. The van der Waals surface area contributed by atoms with E-state index in [4.69, 9.17) is 9.47 Å². The van der Waals surface area contributed by atoms with E-state index in [1.807, 2.05) is 61.5 Å². The average molecular weight is 584 g/mol. The number of aryl methyl sites for hydroxylation is 1. The van der Waals surface area contributed by atoms with E-state index in [0.717, 1.165) is 61.5 Å². The van der Waals surface area contributed by atoms with Gasteiger partial charge in [0.1, 0.15) is 31.2 Å². The number of carbonyl (C=O) groups is 2. The minimum Gasteiger partial charge on any atom is -0.507 e. The normalized spacial score (nSPS) is 19.2. The summed E-state index contributed by atoms with van der Waals surface area (Å²) in [5.74, 6) is -0.686. The van der Waals surface area contributed by atoms with Crippen molar-refractivity contribution in [3.05, 3.63) is 106 Å². The predicted octanol–water partition coefficient (Wildman–Crippen LogP) is 4.60. The Hall–Kier alpha value is -3.94. The van der Waals surface area contributed by atoms with Crippen molar-refractivity contribution in [2.75, 3.05) is 39.4 Å². The van der Waals surface area contributed by atoms with Crippen LogP contribution in [0, 0.1) is 6.92 Å². The molecule has 2 heterocycles. The molecule has 43 heavy (non-hydrogen) atoms. The Morgan fingerprint density at radius 1 is 1.00 bits per heavy atom. The summed E-state index contributed by atoms with van der Waals surface area (Å²) in [6.07, 6.45) is 0.755. The quantitative estimate of drug-likeness (QED) is 0.219. The number of likely N-dealkylation sites (tertiary alicyclic amines) is 1. The van der Waals surface area contributed by atoms with Crippen molar-refractivity contribution in [2.24, 2.45) is 0 Å². The van der Waals surface area contributed by atoms with Gasteiger partial charge < -0.3 is 24.4 Å². The van der Waals surface area contributed by atoms with Gasteiger partial charge in [-0.15, -0.1) is 0 Å². The third-order valence-electron chi connectivity index (χ3n) is 8.45. The number of ketones is 1. The van der Waals surface area contributed by atoms with E-state index in [1.165, 1.54) is 4.90 Å². The second-order valence-corrected chi connectivity index (χ2v) is 12.6. The van der Waals surface area contributed by atoms with Crippen LogP contribution >= 0.6 is 0 Å². The molecule has 0 aromatic heterocycles. The zero-order valence-electron chi connectivity index (χ0n) is 25.7. The fourth-order valence-corrected chi connectivity index (χ4v) is 5.88. The van der Waals surface area contributed by atoms with Gasteiger partial charge in [0.25, 0.3) is 11.7 Å². The summed E-state index contributed by atoms with van der Waals surface area (Å²) in [6.45, 7) is 13.5. The van der Waals surface area contributed by atoms with Crippen LogP contribution in [0.5, 0.6) is 5.75 Å². The number of carbonyl (C=O) groups excluding carboxylic acids is 2. The maximum atomic E-state index is 13.6. The van der Waals surface area contributed by atoms with E-state index in [1.54, 1.807) is 11.0 Å². The van der Waals surface area contributed by atoms with Crippen LogP contribution in [-0.4, -0.2) is 61.1 Å². The number of quaternary nitrogens is 1. The first-order valence-corrected chi connectivity index (χ1v) is 15.2. The van der Waals surface area contributed by atoms with Crippen molar-refractivity contribution >= 4 is 17.4 Å². The Bertz CT molecular complexity index is 1470. The highest BCUT2D eigenvalue weighted by Gasteiger charge is 2.46. The summed E-state index contributed by atoms with van der Waals surface area (Å²) in [5, 5.41) is 11.6. The lowest BCUT2D eigenvalue weighted by molar-refractivity contribution is -0.908. The van der Waals surface area contributed by atoms with Gasteiger partial charge in [0.15, 0.2) is 0 Å². The smallest absolute Gasteiger partial charge is 0.295 e. The summed E-state index contributed by atoms with van der Waals surface area (Å²) in [6, 6.07) is 22.7. The first-order chi connectivity index (χ1) is 20.6. The topological polar surface area (TPSA) is 80.5 Å². The zero-order valence-corrected chi connectivity index (χ0v) is 25.7. The number of morpholine rings is 1. The molecule has 0 bridgehead atoms. The van der Waals surface area contributed by atoms with Gasteiger partial charge in [-0.2, -0.15) is 0 Å². The molecule has 3 aromatic carbocycles. The molecule has 0 unspecified atom stereocenters. The van der Waals surface area contributed by atoms with Crippen LogP contribution in [0.2, 0.25) is 0 Å². The molecule has 0 spiro atoms. The molecule has 1 atom stereocenters. The summed E-state index contributed by atoms with van der Waals surface area (Å²) >= 11 is 0. The van der Waals surface area contributed by atoms with Crippen LogP contribution in [0.1, 0.15) is 61.1 Å². The summed E-state index contributed by atoms with van der Waals surface area (Å²) in [4.78, 5) is 30.1. The third kappa shape index (κ3) is 7.00. The van der Waals surface area contributed by atoms with E-state index in [2.05, 4.69) is 32.9 Å². The molecule has 0 saturated carbocycles. The maximum Gasteiger partial charge on any atom is 0.295 e. The Kier molecular flexibility index (Phi) is 9.33. The molecule has 2 aliphatic heterocycles. The van der Waals surface area contributed by atoms with Crippen molar-refractivity contribution in [3.8, 4) is 5.75 Å². The molecule has 2 fully saturated rings. The van der Waals surface area contributed by atoms with Crippen LogP contribution < -0.4 is 9.64 Å². The Labute approximate surface area is 254 Å². The highest BCUT2D eigenvalue weighted by atomic mass is 16.5. The average Bonchev–Trinajstić information content (AvgIpc) is 3.26. The second-order valence-electron chi connectivity index (χ2n) is 12.6. The molecule has 5 rings (SSSR count). The fourth-order valence-electron chi connectivity index (χ4n) is 5.88. The number of amides is 1. The molecule has 2 saturated heterocycles. The monoisotopic (exact) mass is 583 g/mol. The molecule has 1 amide bonds. The number of aliphatic hydroxyl groups excluding tert-OH is 1. The Balaban J connectivity index is 1.44. The van der Waals surface area contributed by atoms with E-state index < -0.39 is 17.7 Å².